The maximum Gasteiger partial charge on any atom is 0.231 e. The first-order valence-electron chi connectivity index (χ1n) is 4.36. The molecule has 1 N–H and O–H groups in total. The van der Waals surface area contributed by atoms with Crippen molar-refractivity contribution in [3.8, 4) is 0 Å². The number of fused-ring (bicyclic) bond motifs is 1. The Morgan fingerprint density at radius 3 is 2.31 bits per heavy atom. The van der Waals surface area contributed by atoms with Crippen LogP contribution in [0.2, 0.25) is 5.15 Å². The Hall–Kier alpha value is -1.40. The lowest BCUT2D eigenvalue weighted by atomic mass is 10.3. The molecule has 1 aromatic carbocycles. The van der Waals surface area contributed by atoms with Crippen molar-refractivity contribution in [1.82, 2.24) is 9.97 Å². The fourth-order valence-electron chi connectivity index (χ4n) is 1.22. The zero-order valence-electron chi connectivity index (χ0n) is 8.31. The van der Waals surface area contributed by atoms with Crippen molar-refractivity contribution in [3.05, 3.63) is 29.4 Å². The van der Waals surface area contributed by atoms with E-state index in [1.165, 1.54) is 0 Å². The van der Waals surface area contributed by atoms with Crippen LogP contribution in [-0.2, 0) is 10.0 Å². The summed E-state index contributed by atoms with van der Waals surface area (Å²) in [6, 6.07) is 7.07. The predicted molar refractivity (Wildman–Crippen MR) is 63.0 cm³/mol. The molecule has 0 saturated heterocycles. The van der Waals surface area contributed by atoms with Gasteiger partial charge in [0.1, 0.15) is 0 Å². The van der Waals surface area contributed by atoms with Gasteiger partial charge in [0, 0.05) is 0 Å². The molecule has 0 unspecified atom stereocenters. The van der Waals surface area contributed by atoms with E-state index in [1.54, 1.807) is 24.3 Å². The summed E-state index contributed by atoms with van der Waals surface area (Å²) in [5, 5.41) is 0.0316. The average Bonchev–Trinajstić information content (AvgIpc) is 2.17. The minimum atomic E-state index is -3.41. The van der Waals surface area contributed by atoms with Crippen LogP contribution in [0.15, 0.2) is 24.3 Å². The van der Waals surface area contributed by atoms with Gasteiger partial charge < -0.3 is 0 Å². The Balaban J connectivity index is 2.58. The molecule has 0 spiro atoms. The highest BCUT2D eigenvalue weighted by molar-refractivity contribution is 7.92. The Kier molecular flexibility index (Phi) is 2.69. The zero-order valence-corrected chi connectivity index (χ0v) is 9.88. The summed E-state index contributed by atoms with van der Waals surface area (Å²) < 4.78 is 24.3. The van der Waals surface area contributed by atoms with Crippen molar-refractivity contribution in [2.45, 2.75) is 0 Å². The SMILES string of the molecule is CS(=O)(=O)Nc1nc2ccccc2nc1Cl. The molecule has 84 valence electrons. The van der Waals surface area contributed by atoms with Gasteiger partial charge in [0.15, 0.2) is 11.0 Å². The fraction of sp³-hybridized carbons (Fsp3) is 0.111. The van der Waals surface area contributed by atoms with Crippen LogP contribution in [0.1, 0.15) is 0 Å². The van der Waals surface area contributed by atoms with Gasteiger partial charge in [0.25, 0.3) is 0 Å². The van der Waals surface area contributed by atoms with E-state index in [1.807, 2.05) is 0 Å². The van der Waals surface area contributed by atoms with Gasteiger partial charge in [-0.1, -0.05) is 23.7 Å². The van der Waals surface area contributed by atoms with E-state index in [9.17, 15) is 8.42 Å². The summed E-state index contributed by atoms with van der Waals surface area (Å²) in [4.78, 5) is 8.11. The molecule has 5 nitrogen and oxygen atoms in total. The van der Waals surface area contributed by atoms with Crippen molar-refractivity contribution in [1.29, 1.82) is 0 Å². The number of rotatable bonds is 2. The molecule has 0 fully saturated rings. The summed E-state index contributed by atoms with van der Waals surface area (Å²) >= 11 is 5.81. The van der Waals surface area contributed by atoms with Crippen LogP contribution < -0.4 is 4.72 Å². The highest BCUT2D eigenvalue weighted by Crippen LogP contribution is 2.21. The van der Waals surface area contributed by atoms with Crippen LogP contribution in [0, 0.1) is 0 Å². The topological polar surface area (TPSA) is 72.0 Å². The number of sulfonamides is 1. The molecule has 0 aliphatic heterocycles. The molecule has 0 bridgehead atoms. The van der Waals surface area contributed by atoms with E-state index < -0.39 is 10.0 Å². The Morgan fingerprint density at radius 2 is 1.75 bits per heavy atom. The molecule has 7 heteroatoms. The number of nitrogens with one attached hydrogen (secondary N) is 1. The number of anilines is 1. The van der Waals surface area contributed by atoms with Crippen LogP contribution in [-0.4, -0.2) is 24.6 Å². The third kappa shape index (κ3) is 2.40. The molecule has 1 aromatic heterocycles. The Morgan fingerprint density at radius 1 is 1.19 bits per heavy atom. The molecule has 0 amide bonds. The summed E-state index contributed by atoms with van der Waals surface area (Å²) in [5.74, 6) is 0.0443. The average molecular weight is 258 g/mol. The van der Waals surface area contributed by atoms with E-state index in [0.29, 0.717) is 11.0 Å². The third-order valence-corrected chi connectivity index (χ3v) is 2.64. The minimum Gasteiger partial charge on any atom is -0.265 e. The number of hydrogen-bond acceptors (Lipinski definition) is 4. The second-order valence-corrected chi connectivity index (χ2v) is 5.33. The van der Waals surface area contributed by atoms with Crippen LogP contribution in [0.4, 0.5) is 5.82 Å². The molecule has 0 aliphatic rings. The Labute approximate surface area is 97.5 Å². The van der Waals surface area contributed by atoms with E-state index in [2.05, 4.69) is 14.7 Å². The van der Waals surface area contributed by atoms with Gasteiger partial charge in [-0.15, -0.1) is 0 Å². The highest BCUT2D eigenvalue weighted by Gasteiger charge is 2.10. The monoisotopic (exact) mass is 257 g/mol. The van der Waals surface area contributed by atoms with Crippen LogP contribution in [0.5, 0.6) is 0 Å². The molecule has 2 rings (SSSR count). The maximum atomic E-state index is 11.1. The smallest absolute Gasteiger partial charge is 0.231 e. The van der Waals surface area contributed by atoms with E-state index in [0.717, 1.165) is 6.26 Å². The first-order valence-corrected chi connectivity index (χ1v) is 6.63. The van der Waals surface area contributed by atoms with Gasteiger partial charge in [0.2, 0.25) is 10.0 Å². The second-order valence-electron chi connectivity index (χ2n) is 3.23. The normalized spacial score (nSPS) is 11.6. The molecular weight excluding hydrogens is 250 g/mol. The second kappa shape index (κ2) is 3.88. The standard InChI is InChI=1S/C9H8ClN3O2S/c1-16(14,15)13-9-8(10)11-6-4-2-3-5-7(6)12-9/h2-5H,1H3,(H,12,13). The molecule has 0 radical (unpaired) electrons. The van der Waals surface area contributed by atoms with E-state index >= 15 is 0 Å². The largest absolute Gasteiger partial charge is 0.265 e. The van der Waals surface area contributed by atoms with Crippen molar-refractivity contribution in [2.75, 3.05) is 11.0 Å². The fourth-order valence-corrected chi connectivity index (χ4v) is 1.95. The molecule has 2 aromatic rings. The highest BCUT2D eigenvalue weighted by atomic mass is 35.5. The van der Waals surface area contributed by atoms with Crippen molar-refractivity contribution < 1.29 is 8.42 Å². The van der Waals surface area contributed by atoms with Crippen molar-refractivity contribution in [2.24, 2.45) is 0 Å². The van der Waals surface area contributed by atoms with Gasteiger partial charge in [-0.05, 0) is 12.1 Å². The number of para-hydroxylation sites is 2. The van der Waals surface area contributed by atoms with Crippen molar-refractivity contribution >= 4 is 38.5 Å². The molecule has 16 heavy (non-hydrogen) atoms. The molecule has 1 heterocycles. The Bertz CT molecular complexity index is 642. The van der Waals surface area contributed by atoms with Crippen molar-refractivity contribution in [3.63, 3.8) is 0 Å². The number of aromatic nitrogens is 2. The van der Waals surface area contributed by atoms with Crippen LogP contribution in [0.25, 0.3) is 11.0 Å². The van der Waals surface area contributed by atoms with Gasteiger partial charge in [0.05, 0.1) is 17.3 Å². The van der Waals surface area contributed by atoms with E-state index in [-0.39, 0.29) is 11.0 Å². The number of hydrogen-bond donors (Lipinski definition) is 1. The lowest BCUT2D eigenvalue weighted by Crippen LogP contribution is -2.11. The maximum absolute atomic E-state index is 11.1. The number of halogens is 1. The summed E-state index contributed by atoms with van der Waals surface area (Å²) in [5.41, 5.74) is 1.20. The van der Waals surface area contributed by atoms with E-state index in [4.69, 9.17) is 11.6 Å². The molecule has 0 saturated carbocycles. The summed E-state index contributed by atoms with van der Waals surface area (Å²) in [6.45, 7) is 0. The number of nitrogens with zero attached hydrogens (tertiary/aromatic N) is 2. The van der Waals surface area contributed by atoms with Crippen LogP contribution >= 0.6 is 11.6 Å². The van der Waals surface area contributed by atoms with Gasteiger partial charge in [-0.25, -0.2) is 18.4 Å². The quantitative estimate of drug-likeness (QED) is 0.888. The van der Waals surface area contributed by atoms with Gasteiger partial charge in [-0.2, -0.15) is 0 Å². The lowest BCUT2D eigenvalue weighted by Gasteiger charge is -2.05. The summed E-state index contributed by atoms with van der Waals surface area (Å²) in [6.07, 6.45) is 1.03. The summed E-state index contributed by atoms with van der Waals surface area (Å²) in [7, 11) is -3.41. The zero-order chi connectivity index (χ0) is 11.8. The lowest BCUT2D eigenvalue weighted by molar-refractivity contribution is 0.606. The molecular formula is C9H8ClN3O2S. The first-order chi connectivity index (χ1) is 7.46. The number of benzene rings is 1. The van der Waals surface area contributed by atoms with Crippen LogP contribution in [0.3, 0.4) is 0 Å². The first kappa shape index (κ1) is 11.1. The van der Waals surface area contributed by atoms with Gasteiger partial charge >= 0.3 is 0 Å². The molecule has 0 aliphatic carbocycles. The predicted octanol–water partition coefficient (Wildman–Crippen LogP) is 1.65. The third-order valence-electron chi connectivity index (χ3n) is 1.81. The molecule has 0 atom stereocenters. The van der Waals surface area contributed by atoms with Gasteiger partial charge in [-0.3, -0.25) is 4.72 Å². The minimum absolute atomic E-state index is 0.0316.